The van der Waals surface area contributed by atoms with Gasteiger partial charge in [0.15, 0.2) is 5.82 Å². The van der Waals surface area contributed by atoms with Crippen molar-refractivity contribution in [3.63, 3.8) is 0 Å². The molecular formula is C18H22N4O3S. The molecule has 0 bridgehead atoms. The van der Waals surface area contributed by atoms with Crippen LogP contribution in [0.15, 0.2) is 29.2 Å². The summed E-state index contributed by atoms with van der Waals surface area (Å²) in [7, 11) is -1.98. The SMILES string of the molecule is COCc1nc2n(n1)CCC[C@H]2NS(=O)(=O)C1=Cc2ccccc2CC1. The predicted molar refractivity (Wildman–Crippen MR) is 97.5 cm³/mol. The fourth-order valence-corrected chi connectivity index (χ4v) is 4.98. The number of aryl methyl sites for hydroxylation is 2. The van der Waals surface area contributed by atoms with Gasteiger partial charge in [-0.3, -0.25) is 0 Å². The quantitative estimate of drug-likeness (QED) is 0.867. The minimum atomic E-state index is -3.57. The van der Waals surface area contributed by atoms with Crippen molar-refractivity contribution in [1.82, 2.24) is 19.5 Å². The van der Waals surface area contributed by atoms with Crippen LogP contribution in [0.25, 0.3) is 6.08 Å². The third-order valence-corrected chi connectivity index (χ3v) is 6.45. The Bertz CT molecular complexity index is 949. The lowest BCUT2D eigenvalue weighted by Gasteiger charge is -2.24. The first-order valence-corrected chi connectivity index (χ1v) is 10.3. The highest BCUT2D eigenvalue weighted by molar-refractivity contribution is 7.93. The highest BCUT2D eigenvalue weighted by Crippen LogP contribution is 2.30. The first-order valence-electron chi connectivity index (χ1n) is 8.80. The minimum Gasteiger partial charge on any atom is -0.377 e. The minimum absolute atomic E-state index is 0.321. The number of ether oxygens (including phenoxy) is 1. The molecule has 0 unspecified atom stereocenters. The summed E-state index contributed by atoms with van der Waals surface area (Å²) in [4.78, 5) is 4.90. The molecule has 1 aromatic heterocycles. The van der Waals surface area contributed by atoms with Crippen LogP contribution in [0.4, 0.5) is 0 Å². The molecule has 1 aliphatic carbocycles. The van der Waals surface area contributed by atoms with Crippen LogP contribution in [-0.4, -0.2) is 30.3 Å². The second kappa shape index (κ2) is 6.94. The maximum atomic E-state index is 12.9. The first-order chi connectivity index (χ1) is 12.6. The molecule has 2 heterocycles. The Labute approximate surface area is 153 Å². The Morgan fingerprint density at radius 2 is 2.15 bits per heavy atom. The van der Waals surface area contributed by atoms with Crippen LogP contribution in [0.2, 0.25) is 0 Å². The van der Waals surface area contributed by atoms with Crippen molar-refractivity contribution in [3.8, 4) is 0 Å². The van der Waals surface area contributed by atoms with Crippen LogP contribution in [-0.2, 0) is 34.3 Å². The van der Waals surface area contributed by atoms with Gasteiger partial charge in [0.05, 0.1) is 10.9 Å². The largest absolute Gasteiger partial charge is 0.377 e. The van der Waals surface area contributed by atoms with Crippen molar-refractivity contribution in [1.29, 1.82) is 0 Å². The Morgan fingerprint density at radius 3 is 3.00 bits per heavy atom. The zero-order valence-electron chi connectivity index (χ0n) is 14.7. The molecular weight excluding hydrogens is 352 g/mol. The van der Waals surface area contributed by atoms with E-state index < -0.39 is 10.0 Å². The summed E-state index contributed by atoms with van der Waals surface area (Å²) in [5, 5.41) is 4.39. The van der Waals surface area contributed by atoms with Gasteiger partial charge in [0.2, 0.25) is 10.0 Å². The second-order valence-electron chi connectivity index (χ2n) is 6.67. The van der Waals surface area contributed by atoms with E-state index in [2.05, 4.69) is 14.8 Å². The summed E-state index contributed by atoms with van der Waals surface area (Å²) in [5.41, 5.74) is 2.17. The highest BCUT2D eigenvalue weighted by Gasteiger charge is 2.30. The molecule has 0 fully saturated rings. The van der Waals surface area contributed by atoms with Gasteiger partial charge in [-0.05, 0) is 42.9 Å². The van der Waals surface area contributed by atoms with Gasteiger partial charge in [-0.15, -0.1) is 0 Å². The lowest BCUT2D eigenvalue weighted by molar-refractivity contribution is 0.177. The molecule has 0 amide bonds. The Hall–Kier alpha value is -2.03. The van der Waals surface area contributed by atoms with Crippen LogP contribution in [0.1, 0.15) is 48.1 Å². The summed E-state index contributed by atoms with van der Waals surface area (Å²) >= 11 is 0. The van der Waals surface area contributed by atoms with Gasteiger partial charge in [0.1, 0.15) is 12.4 Å². The molecule has 4 rings (SSSR count). The van der Waals surface area contributed by atoms with Crippen molar-refractivity contribution in [2.45, 2.75) is 44.9 Å². The molecule has 2 aliphatic rings. The first kappa shape index (κ1) is 17.4. The van der Waals surface area contributed by atoms with Crippen LogP contribution >= 0.6 is 0 Å². The fourth-order valence-electron chi connectivity index (χ4n) is 3.58. The van der Waals surface area contributed by atoms with Gasteiger partial charge >= 0.3 is 0 Å². The van der Waals surface area contributed by atoms with Crippen LogP contribution < -0.4 is 4.72 Å². The van der Waals surface area contributed by atoms with E-state index in [1.165, 1.54) is 5.56 Å². The Kier molecular flexibility index (Phi) is 4.64. The molecule has 1 atom stereocenters. The average molecular weight is 374 g/mol. The zero-order valence-corrected chi connectivity index (χ0v) is 15.5. The van der Waals surface area contributed by atoms with Crippen LogP contribution in [0.3, 0.4) is 0 Å². The van der Waals surface area contributed by atoms with Crippen molar-refractivity contribution in [2.24, 2.45) is 0 Å². The zero-order chi connectivity index (χ0) is 18.1. The number of allylic oxidation sites excluding steroid dienone is 1. The summed E-state index contributed by atoms with van der Waals surface area (Å²) in [6.45, 7) is 1.07. The number of fused-ring (bicyclic) bond motifs is 2. The van der Waals surface area contributed by atoms with E-state index in [-0.39, 0.29) is 6.04 Å². The normalized spacial score (nSPS) is 19.6. The molecule has 1 N–H and O–H groups in total. The number of rotatable bonds is 5. The molecule has 8 heteroatoms. The van der Waals surface area contributed by atoms with E-state index in [9.17, 15) is 8.42 Å². The maximum Gasteiger partial charge on any atom is 0.237 e. The van der Waals surface area contributed by atoms with Gasteiger partial charge in [-0.25, -0.2) is 22.8 Å². The molecule has 26 heavy (non-hydrogen) atoms. The molecule has 1 aliphatic heterocycles. The molecule has 0 radical (unpaired) electrons. The van der Waals surface area contributed by atoms with Gasteiger partial charge in [0.25, 0.3) is 0 Å². The van der Waals surface area contributed by atoms with Gasteiger partial charge in [-0.2, -0.15) is 5.10 Å². The van der Waals surface area contributed by atoms with Crippen molar-refractivity contribution in [3.05, 3.63) is 51.9 Å². The number of sulfonamides is 1. The van der Waals surface area contributed by atoms with Crippen molar-refractivity contribution < 1.29 is 13.2 Å². The number of nitrogens with zero attached hydrogens (tertiary/aromatic N) is 3. The smallest absolute Gasteiger partial charge is 0.237 e. The number of benzene rings is 1. The second-order valence-corrected chi connectivity index (χ2v) is 8.43. The lowest BCUT2D eigenvalue weighted by atomic mass is 9.98. The lowest BCUT2D eigenvalue weighted by Crippen LogP contribution is -2.34. The monoisotopic (exact) mass is 374 g/mol. The maximum absolute atomic E-state index is 12.9. The summed E-state index contributed by atoms with van der Waals surface area (Å²) in [6, 6.07) is 7.56. The topological polar surface area (TPSA) is 86.1 Å². The Balaban J connectivity index is 1.59. The highest BCUT2D eigenvalue weighted by atomic mass is 32.2. The summed E-state index contributed by atoms with van der Waals surface area (Å²) in [5.74, 6) is 1.25. The number of aromatic nitrogens is 3. The van der Waals surface area contributed by atoms with E-state index in [0.29, 0.717) is 36.0 Å². The molecule has 7 nitrogen and oxygen atoms in total. The molecule has 2 aromatic rings. The average Bonchev–Trinajstić information content (AvgIpc) is 3.05. The Morgan fingerprint density at radius 1 is 1.31 bits per heavy atom. The van der Waals surface area contributed by atoms with Crippen LogP contribution in [0.5, 0.6) is 0 Å². The van der Waals surface area contributed by atoms with Crippen LogP contribution in [0, 0.1) is 0 Å². The van der Waals surface area contributed by atoms with E-state index in [1.54, 1.807) is 17.9 Å². The molecule has 0 saturated carbocycles. The fraction of sp³-hybridized carbons (Fsp3) is 0.444. The van der Waals surface area contributed by atoms with E-state index in [1.807, 2.05) is 24.3 Å². The standard InChI is InChI=1S/C18H22N4O3S/c1-25-12-17-19-18-16(7-4-10-22(18)20-17)21-26(23,24)15-9-8-13-5-2-3-6-14(13)11-15/h2-3,5-6,11,16,21H,4,7-10,12H2,1H3/t16-/m1/s1. The number of hydrogen-bond acceptors (Lipinski definition) is 5. The number of methoxy groups -OCH3 is 1. The summed E-state index contributed by atoms with van der Waals surface area (Å²) in [6.07, 6.45) is 4.61. The number of hydrogen-bond donors (Lipinski definition) is 1. The van der Waals surface area contributed by atoms with Crippen molar-refractivity contribution >= 4 is 16.1 Å². The third-order valence-electron chi connectivity index (χ3n) is 4.85. The summed E-state index contributed by atoms with van der Waals surface area (Å²) < 4.78 is 35.6. The van der Waals surface area contributed by atoms with Gasteiger partial charge < -0.3 is 4.74 Å². The molecule has 1 aromatic carbocycles. The van der Waals surface area contributed by atoms with E-state index in [4.69, 9.17) is 4.74 Å². The van der Waals surface area contributed by atoms with Gasteiger partial charge in [-0.1, -0.05) is 24.3 Å². The van der Waals surface area contributed by atoms with Crippen molar-refractivity contribution in [2.75, 3.05) is 7.11 Å². The predicted octanol–water partition coefficient (Wildman–Crippen LogP) is 2.17. The van der Waals surface area contributed by atoms with Gasteiger partial charge in [0, 0.05) is 13.7 Å². The molecule has 138 valence electrons. The third kappa shape index (κ3) is 3.32. The van der Waals surface area contributed by atoms with E-state index >= 15 is 0 Å². The van der Waals surface area contributed by atoms with E-state index in [0.717, 1.165) is 24.9 Å². The molecule has 0 saturated heterocycles. The number of nitrogens with one attached hydrogen (secondary N) is 1. The molecule has 0 spiro atoms.